The van der Waals surface area contributed by atoms with Gasteiger partial charge in [-0.1, -0.05) is 47.0 Å². The molecule has 0 aliphatic carbocycles. The van der Waals surface area contributed by atoms with Crippen LogP contribution >= 0.6 is 34.5 Å². The van der Waals surface area contributed by atoms with Crippen molar-refractivity contribution in [3.63, 3.8) is 0 Å². The number of thiophene rings is 1. The zero-order valence-corrected chi connectivity index (χ0v) is 17.2. The molecule has 4 rings (SSSR count). The Balaban J connectivity index is 1.90. The molecule has 0 spiro atoms. The lowest BCUT2D eigenvalue weighted by molar-refractivity contribution is -0.117. The fraction of sp³-hybridized carbons (Fsp3) is 0.143. The number of halogens is 2. The number of rotatable bonds is 2. The Morgan fingerprint density at radius 1 is 1.18 bits per heavy atom. The van der Waals surface area contributed by atoms with Crippen LogP contribution in [-0.2, 0) is 4.79 Å². The maximum Gasteiger partial charge on any atom is 0.256 e. The van der Waals surface area contributed by atoms with Crippen molar-refractivity contribution >= 4 is 52.0 Å². The van der Waals surface area contributed by atoms with E-state index >= 15 is 0 Å². The Hall–Kier alpha value is -2.34. The lowest BCUT2D eigenvalue weighted by Crippen LogP contribution is -2.38. The molecule has 2 heterocycles. The first-order valence-corrected chi connectivity index (χ1v) is 10.3. The molecule has 2 amide bonds. The van der Waals surface area contributed by atoms with Gasteiger partial charge in [0.15, 0.2) is 0 Å². The van der Waals surface area contributed by atoms with E-state index in [2.05, 4.69) is 5.32 Å². The van der Waals surface area contributed by atoms with Crippen molar-refractivity contribution in [2.24, 2.45) is 0 Å². The zero-order valence-electron chi connectivity index (χ0n) is 14.9. The summed E-state index contributed by atoms with van der Waals surface area (Å²) in [5, 5.41) is 5.59. The minimum absolute atomic E-state index is 0.0853. The minimum atomic E-state index is -0.406. The van der Waals surface area contributed by atoms with Crippen LogP contribution in [-0.4, -0.2) is 23.3 Å². The fourth-order valence-corrected chi connectivity index (χ4v) is 4.61. The van der Waals surface area contributed by atoms with E-state index < -0.39 is 6.04 Å². The molecule has 1 aliphatic heterocycles. The molecule has 1 unspecified atom stereocenters. The normalized spacial score (nSPS) is 16.3. The smallest absolute Gasteiger partial charge is 0.256 e. The number of benzene rings is 2. The van der Waals surface area contributed by atoms with E-state index in [1.54, 1.807) is 28.4 Å². The lowest BCUT2D eigenvalue weighted by Gasteiger charge is -2.30. The Labute approximate surface area is 176 Å². The van der Waals surface area contributed by atoms with Gasteiger partial charge in [0.1, 0.15) is 6.54 Å². The van der Waals surface area contributed by atoms with Crippen LogP contribution in [0.15, 0.2) is 53.9 Å². The quantitative estimate of drug-likeness (QED) is 0.579. The monoisotopic (exact) mass is 430 g/mol. The molecule has 1 N–H and O–H groups in total. The predicted octanol–water partition coefficient (Wildman–Crippen LogP) is 5.55. The second-order valence-corrected chi connectivity index (χ2v) is 8.44. The summed E-state index contributed by atoms with van der Waals surface area (Å²) < 4.78 is 0. The maximum absolute atomic E-state index is 13.5. The highest BCUT2D eigenvalue weighted by Gasteiger charge is 2.35. The largest absolute Gasteiger partial charge is 0.324 e. The van der Waals surface area contributed by atoms with Crippen LogP contribution in [0.5, 0.6) is 0 Å². The molecule has 4 nitrogen and oxygen atoms in total. The Bertz CT molecular complexity index is 1070. The maximum atomic E-state index is 13.5. The number of carbonyl (C=O) groups excluding carboxylic acids is 2. The van der Waals surface area contributed by atoms with Gasteiger partial charge in [-0.3, -0.25) is 9.59 Å². The summed E-state index contributed by atoms with van der Waals surface area (Å²) >= 11 is 13.9. The molecule has 0 bridgehead atoms. The van der Waals surface area contributed by atoms with Crippen molar-refractivity contribution in [2.45, 2.75) is 13.0 Å². The highest BCUT2D eigenvalue weighted by Crippen LogP contribution is 2.39. The number of hydrogen-bond donors (Lipinski definition) is 1. The highest BCUT2D eigenvalue weighted by molar-refractivity contribution is 7.10. The highest BCUT2D eigenvalue weighted by atomic mass is 35.5. The van der Waals surface area contributed by atoms with E-state index in [4.69, 9.17) is 23.2 Å². The number of carbonyl (C=O) groups is 2. The molecule has 3 aromatic rings. The van der Waals surface area contributed by atoms with Gasteiger partial charge in [-0.15, -0.1) is 11.3 Å². The molecule has 0 radical (unpaired) electrons. The molecule has 0 fully saturated rings. The lowest BCUT2D eigenvalue weighted by atomic mass is 9.99. The summed E-state index contributed by atoms with van der Waals surface area (Å²) in [6, 6.07) is 14.1. The van der Waals surface area contributed by atoms with E-state index in [0.717, 1.165) is 16.0 Å². The van der Waals surface area contributed by atoms with Gasteiger partial charge >= 0.3 is 0 Å². The Morgan fingerprint density at radius 3 is 2.75 bits per heavy atom. The molecule has 2 aromatic carbocycles. The van der Waals surface area contributed by atoms with E-state index in [-0.39, 0.29) is 23.9 Å². The average Bonchev–Trinajstić information content (AvgIpc) is 3.14. The van der Waals surface area contributed by atoms with E-state index in [1.165, 1.54) is 6.07 Å². The van der Waals surface area contributed by atoms with Crippen LogP contribution in [0.25, 0.3) is 0 Å². The summed E-state index contributed by atoms with van der Waals surface area (Å²) in [7, 11) is 0. The van der Waals surface area contributed by atoms with Crippen molar-refractivity contribution in [3.8, 4) is 0 Å². The minimum Gasteiger partial charge on any atom is -0.324 e. The van der Waals surface area contributed by atoms with Gasteiger partial charge in [0.25, 0.3) is 5.91 Å². The summed E-state index contributed by atoms with van der Waals surface area (Å²) in [6.45, 7) is 1.90. The van der Waals surface area contributed by atoms with Crippen molar-refractivity contribution in [1.29, 1.82) is 0 Å². The molecule has 7 heteroatoms. The third kappa shape index (κ3) is 3.53. The van der Waals surface area contributed by atoms with Crippen LogP contribution in [0.3, 0.4) is 0 Å². The zero-order chi connectivity index (χ0) is 19.8. The van der Waals surface area contributed by atoms with Crippen molar-refractivity contribution < 1.29 is 9.59 Å². The number of aryl methyl sites for hydroxylation is 1. The third-order valence-electron chi connectivity index (χ3n) is 4.63. The van der Waals surface area contributed by atoms with E-state index in [0.29, 0.717) is 15.7 Å². The number of nitrogens with zero attached hydrogens (tertiary/aromatic N) is 1. The second-order valence-electron chi connectivity index (χ2n) is 6.61. The topological polar surface area (TPSA) is 49.4 Å². The van der Waals surface area contributed by atoms with E-state index in [9.17, 15) is 9.59 Å². The summed E-state index contributed by atoms with van der Waals surface area (Å²) in [6.07, 6.45) is 0. The first kappa shape index (κ1) is 19.0. The van der Waals surface area contributed by atoms with Crippen LogP contribution in [0.1, 0.15) is 32.4 Å². The Morgan fingerprint density at radius 2 is 2.00 bits per heavy atom. The van der Waals surface area contributed by atoms with Gasteiger partial charge in [-0.25, -0.2) is 0 Å². The number of amides is 2. The summed E-state index contributed by atoms with van der Waals surface area (Å²) in [5.41, 5.74) is 2.91. The standard InChI is InChI=1S/C21H16Cl2N2O2S/c1-12-4-7-17-15(9-12)20(18-3-2-8-28-18)25(11-19(26)24-17)21(27)14-10-13(22)5-6-16(14)23/h2-10,20H,11H2,1H3,(H,24,26). The van der Waals surface area contributed by atoms with Gasteiger partial charge in [0.05, 0.1) is 16.6 Å². The third-order valence-corrected chi connectivity index (χ3v) is 6.12. The molecule has 0 saturated carbocycles. The second kappa shape index (κ2) is 7.59. The number of anilines is 1. The fourth-order valence-electron chi connectivity index (χ4n) is 3.38. The van der Waals surface area contributed by atoms with Crippen molar-refractivity contribution in [1.82, 2.24) is 4.90 Å². The van der Waals surface area contributed by atoms with Crippen LogP contribution < -0.4 is 5.32 Å². The first-order chi connectivity index (χ1) is 13.4. The van der Waals surface area contributed by atoms with Gasteiger partial charge in [0.2, 0.25) is 5.91 Å². The SMILES string of the molecule is Cc1ccc2c(c1)C(c1cccs1)N(C(=O)c1cc(Cl)ccc1Cl)CC(=O)N2. The van der Waals surface area contributed by atoms with Crippen LogP contribution in [0.2, 0.25) is 10.0 Å². The van der Waals surface area contributed by atoms with Gasteiger partial charge in [-0.2, -0.15) is 0 Å². The predicted molar refractivity (Wildman–Crippen MR) is 113 cm³/mol. The molecule has 28 heavy (non-hydrogen) atoms. The molecule has 1 atom stereocenters. The van der Waals surface area contributed by atoms with Gasteiger partial charge in [-0.05, 0) is 42.6 Å². The van der Waals surface area contributed by atoms with Crippen LogP contribution in [0, 0.1) is 6.92 Å². The average molecular weight is 431 g/mol. The molecular formula is C21H16Cl2N2O2S. The van der Waals surface area contributed by atoms with Crippen molar-refractivity contribution in [2.75, 3.05) is 11.9 Å². The molecule has 0 saturated heterocycles. The first-order valence-electron chi connectivity index (χ1n) is 8.64. The van der Waals surface area contributed by atoms with E-state index in [1.807, 2.05) is 42.6 Å². The summed E-state index contributed by atoms with van der Waals surface area (Å²) in [4.78, 5) is 28.6. The molecular weight excluding hydrogens is 415 g/mol. The Kier molecular flexibility index (Phi) is 5.15. The molecule has 1 aliphatic rings. The van der Waals surface area contributed by atoms with Gasteiger partial charge < -0.3 is 10.2 Å². The van der Waals surface area contributed by atoms with Crippen LogP contribution in [0.4, 0.5) is 5.69 Å². The summed E-state index contributed by atoms with van der Waals surface area (Å²) in [5.74, 6) is -0.592. The number of nitrogens with one attached hydrogen (secondary N) is 1. The molecule has 142 valence electrons. The van der Waals surface area contributed by atoms with Gasteiger partial charge in [0, 0.05) is 21.2 Å². The van der Waals surface area contributed by atoms with Crippen molar-refractivity contribution in [3.05, 3.63) is 85.5 Å². The number of fused-ring (bicyclic) bond motifs is 1. The molecule has 1 aromatic heterocycles. The number of hydrogen-bond acceptors (Lipinski definition) is 3.